The first kappa shape index (κ1) is 26.1. The first-order valence-corrected chi connectivity index (χ1v) is 12.8. The molecule has 4 aromatic rings. The van der Waals surface area contributed by atoms with E-state index in [-0.39, 0.29) is 44.6 Å². The number of aliphatic hydroxyl groups excluding tert-OH is 1. The largest absolute Gasteiger partial charge is 0.508 e. The maximum Gasteiger partial charge on any atom is 0.301 e. The molecule has 8 nitrogen and oxygen atoms in total. The number of ether oxygens (including phenoxy) is 2. The van der Waals surface area contributed by atoms with Gasteiger partial charge in [0.25, 0.3) is 5.78 Å². The van der Waals surface area contributed by atoms with E-state index in [2.05, 4.69) is 4.98 Å². The quantitative estimate of drug-likeness (QED) is 0.172. The first-order chi connectivity index (χ1) is 18.7. The normalized spacial score (nSPS) is 16.7. The predicted molar refractivity (Wildman–Crippen MR) is 141 cm³/mol. The van der Waals surface area contributed by atoms with Crippen molar-refractivity contribution in [1.29, 1.82) is 0 Å². The lowest BCUT2D eigenvalue weighted by atomic mass is 9.95. The van der Waals surface area contributed by atoms with E-state index in [9.17, 15) is 28.6 Å². The molecule has 1 saturated heterocycles. The Morgan fingerprint density at radius 3 is 2.44 bits per heavy atom. The van der Waals surface area contributed by atoms with Gasteiger partial charge in [0.2, 0.25) is 0 Å². The number of hydrogen-bond donors (Lipinski definition) is 2. The molecule has 0 aliphatic carbocycles. The number of fused-ring (bicyclic) bond motifs is 1. The number of thiazole rings is 1. The van der Waals surface area contributed by atoms with Crippen LogP contribution >= 0.6 is 11.3 Å². The standard InChI is InChI=1S/C28H22F2N2O6S/c1-3-37-17-9-10-18(20(13-17)38-4-2)25(34)22-24(14-5-7-16(33)8-6-14)32(27(36)26(22)35)28-31-23-19(30)11-15(29)12-21(23)39-28/h5-13,24,33-34H,3-4H2,1-2H3/b25-22+. The number of rotatable bonds is 7. The van der Waals surface area contributed by atoms with Crippen molar-refractivity contribution in [1.82, 2.24) is 4.98 Å². The predicted octanol–water partition coefficient (Wildman–Crippen LogP) is 5.70. The lowest BCUT2D eigenvalue weighted by Crippen LogP contribution is -2.29. The maximum atomic E-state index is 14.4. The third-order valence-electron chi connectivity index (χ3n) is 6.08. The topological polar surface area (TPSA) is 109 Å². The molecule has 2 N–H and O–H groups in total. The van der Waals surface area contributed by atoms with Gasteiger partial charge in [0.15, 0.2) is 10.9 Å². The lowest BCUT2D eigenvalue weighted by molar-refractivity contribution is -0.132. The first-order valence-electron chi connectivity index (χ1n) is 12.0. The molecule has 1 fully saturated rings. The fourth-order valence-corrected chi connectivity index (χ4v) is 5.46. The summed E-state index contributed by atoms with van der Waals surface area (Å²) >= 11 is 0.825. The summed E-state index contributed by atoms with van der Waals surface area (Å²) in [7, 11) is 0. The molecule has 0 bridgehead atoms. The Morgan fingerprint density at radius 2 is 1.74 bits per heavy atom. The van der Waals surface area contributed by atoms with Gasteiger partial charge in [-0.05, 0) is 49.7 Å². The van der Waals surface area contributed by atoms with Crippen LogP contribution in [0, 0.1) is 11.6 Å². The van der Waals surface area contributed by atoms with E-state index in [1.807, 2.05) is 6.92 Å². The van der Waals surface area contributed by atoms with E-state index in [1.165, 1.54) is 30.3 Å². The van der Waals surface area contributed by atoms with Gasteiger partial charge in [-0.15, -0.1) is 0 Å². The number of aliphatic hydroxyl groups is 1. The Hall–Kier alpha value is -4.51. The molecule has 2 heterocycles. The van der Waals surface area contributed by atoms with Crippen LogP contribution in [-0.2, 0) is 9.59 Å². The number of carbonyl (C=O) groups is 2. The van der Waals surface area contributed by atoms with E-state index in [0.717, 1.165) is 22.3 Å². The van der Waals surface area contributed by atoms with E-state index in [1.54, 1.807) is 19.1 Å². The van der Waals surface area contributed by atoms with Crippen LogP contribution in [0.5, 0.6) is 17.2 Å². The van der Waals surface area contributed by atoms with Crippen molar-refractivity contribution in [3.05, 3.63) is 82.9 Å². The minimum absolute atomic E-state index is 0.0571. The summed E-state index contributed by atoms with van der Waals surface area (Å²) < 4.78 is 39.7. The smallest absolute Gasteiger partial charge is 0.301 e. The number of aromatic nitrogens is 1. The Kier molecular flexibility index (Phi) is 6.92. The molecule has 0 radical (unpaired) electrons. The summed E-state index contributed by atoms with van der Waals surface area (Å²) in [5.41, 5.74) is 0.0949. The van der Waals surface area contributed by atoms with Crippen LogP contribution < -0.4 is 14.4 Å². The molecule has 200 valence electrons. The van der Waals surface area contributed by atoms with Gasteiger partial charge in [-0.3, -0.25) is 14.5 Å². The van der Waals surface area contributed by atoms with Gasteiger partial charge < -0.3 is 19.7 Å². The number of ketones is 1. The molecule has 0 spiro atoms. The zero-order valence-corrected chi connectivity index (χ0v) is 21.6. The number of nitrogens with zero attached hydrogens (tertiary/aromatic N) is 2. The maximum absolute atomic E-state index is 14.4. The average Bonchev–Trinajstić information content (AvgIpc) is 3.43. The van der Waals surface area contributed by atoms with Crippen LogP contribution in [0.15, 0.2) is 60.2 Å². The number of Topliss-reactive ketones (excluding diaryl/α,β-unsaturated/α-hetero) is 1. The SMILES string of the molecule is CCOc1ccc(/C(O)=C2\C(=O)C(=O)N(c3nc4c(F)cc(F)cc4s3)C2c2ccc(O)cc2)c(OCC)c1. The second-order valence-corrected chi connectivity index (χ2v) is 9.52. The zero-order chi connectivity index (χ0) is 27.8. The Labute approximate surface area is 225 Å². The fourth-order valence-electron chi connectivity index (χ4n) is 4.43. The minimum atomic E-state index is -1.19. The Bertz CT molecular complexity index is 1630. The Balaban J connectivity index is 1.73. The fraction of sp³-hybridized carbons (Fsp3) is 0.179. The van der Waals surface area contributed by atoms with Gasteiger partial charge in [-0.1, -0.05) is 23.5 Å². The van der Waals surface area contributed by atoms with Gasteiger partial charge >= 0.3 is 5.91 Å². The second-order valence-electron chi connectivity index (χ2n) is 8.52. The minimum Gasteiger partial charge on any atom is -0.508 e. The number of carbonyl (C=O) groups excluding carboxylic acids is 2. The zero-order valence-electron chi connectivity index (χ0n) is 20.8. The molecular formula is C28H22F2N2O6S. The monoisotopic (exact) mass is 552 g/mol. The number of halogens is 2. The third kappa shape index (κ3) is 4.65. The summed E-state index contributed by atoms with van der Waals surface area (Å²) in [6.07, 6.45) is 0. The van der Waals surface area contributed by atoms with Crippen molar-refractivity contribution in [2.24, 2.45) is 0 Å². The number of benzene rings is 3. The van der Waals surface area contributed by atoms with Crippen LogP contribution in [-0.4, -0.2) is 40.1 Å². The van der Waals surface area contributed by atoms with E-state index in [4.69, 9.17) is 9.47 Å². The highest BCUT2D eigenvalue weighted by atomic mass is 32.1. The van der Waals surface area contributed by atoms with Crippen molar-refractivity contribution < 1.29 is 38.1 Å². The second kappa shape index (κ2) is 10.3. The number of aromatic hydroxyl groups is 1. The van der Waals surface area contributed by atoms with Crippen molar-refractivity contribution in [3.8, 4) is 17.2 Å². The molecule has 39 heavy (non-hydrogen) atoms. The molecular weight excluding hydrogens is 530 g/mol. The summed E-state index contributed by atoms with van der Waals surface area (Å²) in [4.78, 5) is 32.1. The Morgan fingerprint density at radius 1 is 1.03 bits per heavy atom. The molecule has 1 aliphatic rings. The summed E-state index contributed by atoms with van der Waals surface area (Å²) in [5, 5.41) is 21.3. The van der Waals surface area contributed by atoms with E-state index < -0.39 is 35.1 Å². The van der Waals surface area contributed by atoms with E-state index in [0.29, 0.717) is 24.0 Å². The van der Waals surface area contributed by atoms with Gasteiger partial charge in [0, 0.05) is 12.1 Å². The van der Waals surface area contributed by atoms with Crippen LogP contribution in [0.25, 0.3) is 16.0 Å². The number of hydrogen-bond acceptors (Lipinski definition) is 8. The molecule has 1 unspecified atom stereocenters. The highest BCUT2D eigenvalue weighted by molar-refractivity contribution is 7.22. The summed E-state index contributed by atoms with van der Waals surface area (Å²) in [6.45, 7) is 4.21. The molecule has 1 amide bonds. The average molecular weight is 553 g/mol. The van der Waals surface area contributed by atoms with Gasteiger partial charge in [0.1, 0.15) is 34.3 Å². The summed E-state index contributed by atoms with van der Waals surface area (Å²) in [6, 6.07) is 11.0. The molecule has 1 atom stereocenters. The number of phenolic OH excluding ortho intramolecular Hbond substituents is 1. The number of phenols is 1. The third-order valence-corrected chi connectivity index (χ3v) is 7.08. The van der Waals surface area contributed by atoms with Crippen molar-refractivity contribution in [2.45, 2.75) is 19.9 Å². The molecule has 3 aromatic carbocycles. The van der Waals surface area contributed by atoms with Crippen LogP contribution in [0.4, 0.5) is 13.9 Å². The molecule has 1 aliphatic heterocycles. The van der Waals surface area contributed by atoms with Crippen molar-refractivity contribution in [2.75, 3.05) is 18.1 Å². The molecule has 11 heteroatoms. The lowest BCUT2D eigenvalue weighted by Gasteiger charge is -2.23. The highest BCUT2D eigenvalue weighted by Gasteiger charge is 2.48. The molecule has 0 saturated carbocycles. The molecule has 1 aromatic heterocycles. The van der Waals surface area contributed by atoms with Crippen LogP contribution in [0.1, 0.15) is 31.0 Å². The number of amides is 1. The summed E-state index contributed by atoms with van der Waals surface area (Å²) in [5.74, 6) is -3.60. The van der Waals surface area contributed by atoms with Gasteiger partial charge in [-0.25, -0.2) is 13.8 Å². The van der Waals surface area contributed by atoms with E-state index >= 15 is 0 Å². The van der Waals surface area contributed by atoms with Crippen LogP contribution in [0.3, 0.4) is 0 Å². The van der Waals surface area contributed by atoms with Crippen LogP contribution in [0.2, 0.25) is 0 Å². The van der Waals surface area contributed by atoms with Crippen molar-refractivity contribution in [3.63, 3.8) is 0 Å². The molecule has 5 rings (SSSR count). The van der Waals surface area contributed by atoms with Gasteiger partial charge in [0.05, 0.1) is 35.1 Å². The highest BCUT2D eigenvalue weighted by Crippen LogP contribution is 2.46. The number of anilines is 1. The van der Waals surface area contributed by atoms with Gasteiger partial charge in [-0.2, -0.15) is 0 Å². The van der Waals surface area contributed by atoms with Crippen molar-refractivity contribution >= 4 is 44.1 Å².